The average Bonchev–Trinajstić information content (AvgIpc) is 3.23. The first kappa shape index (κ1) is 27.1. The lowest BCUT2D eigenvalue weighted by atomic mass is 10.0. The molecule has 0 aliphatic carbocycles. The number of hydrogen-bond acceptors (Lipinski definition) is 6. The molecule has 4 rings (SSSR count). The van der Waals surface area contributed by atoms with E-state index in [9.17, 15) is 22.8 Å². The summed E-state index contributed by atoms with van der Waals surface area (Å²) >= 11 is 7.06. The Morgan fingerprint density at radius 1 is 1.05 bits per heavy atom. The molecule has 4 N–H and O–H groups in total. The van der Waals surface area contributed by atoms with Crippen LogP contribution in [0.25, 0.3) is 21.3 Å². The maximum absolute atomic E-state index is 13.1. The van der Waals surface area contributed by atoms with Crippen LogP contribution in [0, 0.1) is 0 Å². The fourth-order valence-electron chi connectivity index (χ4n) is 3.76. The number of nitrogens with zero attached hydrogens (tertiary/aromatic N) is 3. The van der Waals surface area contributed by atoms with E-state index >= 15 is 0 Å². The molecule has 2 aromatic heterocycles. The molecule has 0 bridgehead atoms. The van der Waals surface area contributed by atoms with Crippen LogP contribution in [0.2, 0.25) is 5.02 Å². The number of thiophene rings is 1. The largest absolute Gasteiger partial charge is 0.417 e. The zero-order chi connectivity index (χ0) is 27.6. The normalized spacial score (nSPS) is 11.4. The number of hydrogen-bond donors (Lipinski definition) is 3. The number of aromatic nitrogens is 2. The van der Waals surface area contributed by atoms with E-state index in [4.69, 9.17) is 17.3 Å². The summed E-state index contributed by atoms with van der Waals surface area (Å²) in [6, 6.07) is 9.22. The summed E-state index contributed by atoms with van der Waals surface area (Å²) in [6.07, 6.45) is -2.48. The second-order valence-corrected chi connectivity index (χ2v) is 9.97. The topological polar surface area (TPSA) is 113 Å². The number of amides is 3. The maximum Gasteiger partial charge on any atom is 0.417 e. The third-order valence-electron chi connectivity index (χ3n) is 5.62. The van der Waals surface area contributed by atoms with Gasteiger partial charge in [-0.15, -0.1) is 11.3 Å². The number of urea groups is 1. The Bertz CT molecular complexity index is 1510. The third-order valence-corrected chi connectivity index (χ3v) is 7.10. The first-order chi connectivity index (χ1) is 17.9. The van der Waals surface area contributed by atoms with Crippen LogP contribution < -0.4 is 16.4 Å². The SMILES string of the molecule is CN(C)C(=O)CCc1sc2ncnc(N)c2c1-c1ccc(NC(=O)Nc2ccc(Cl)c(C(F)(F)F)c2)cc1. The number of benzene rings is 2. The number of nitrogens with two attached hydrogens (primary N) is 1. The lowest BCUT2D eigenvalue weighted by molar-refractivity contribution is -0.137. The van der Waals surface area contributed by atoms with Gasteiger partial charge in [0.1, 0.15) is 17.0 Å². The lowest BCUT2D eigenvalue weighted by Crippen LogP contribution is -2.21. The molecular weight excluding hydrogens is 541 g/mol. The number of carbonyl (C=O) groups is 2. The highest BCUT2D eigenvalue weighted by Crippen LogP contribution is 2.41. The van der Waals surface area contributed by atoms with Crippen LogP contribution in [-0.4, -0.2) is 40.9 Å². The van der Waals surface area contributed by atoms with Crippen molar-refractivity contribution in [2.75, 3.05) is 30.5 Å². The van der Waals surface area contributed by atoms with Gasteiger partial charge >= 0.3 is 12.2 Å². The molecule has 0 unspecified atom stereocenters. The second kappa shape index (κ2) is 10.8. The maximum atomic E-state index is 13.1. The van der Waals surface area contributed by atoms with Gasteiger partial charge in [-0.25, -0.2) is 14.8 Å². The van der Waals surface area contributed by atoms with Crippen molar-refractivity contribution < 1.29 is 22.8 Å². The molecule has 0 radical (unpaired) electrons. The molecule has 0 aliphatic rings. The minimum Gasteiger partial charge on any atom is -0.383 e. The molecular formula is C25H22ClF3N6O2S. The van der Waals surface area contributed by atoms with Gasteiger partial charge in [-0.2, -0.15) is 13.2 Å². The van der Waals surface area contributed by atoms with Crippen molar-refractivity contribution in [3.05, 3.63) is 64.3 Å². The van der Waals surface area contributed by atoms with Crippen molar-refractivity contribution in [3.63, 3.8) is 0 Å². The first-order valence-corrected chi connectivity index (χ1v) is 12.4. The van der Waals surface area contributed by atoms with Gasteiger partial charge in [0.25, 0.3) is 0 Å². The number of nitrogen functional groups attached to an aromatic ring is 1. The average molecular weight is 563 g/mol. The molecule has 2 heterocycles. The number of carbonyl (C=O) groups excluding carboxylic acids is 2. The highest BCUT2D eigenvalue weighted by molar-refractivity contribution is 7.19. The summed E-state index contributed by atoms with van der Waals surface area (Å²) in [6.45, 7) is 0. The summed E-state index contributed by atoms with van der Waals surface area (Å²) < 4.78 is 39.3. The molecule has 198 valence electrons. The summed E-state index contributed by atoms with van der Waals surface area (Å²) in [7, 11) is 3.39. The smallest absolute Gasteiger partial charge is 0.383 e. The van der Waals surface area contributed by atoms with E-state index in [2.05, 4.69) is 20.6 Å². The standard InChI is InChI=1S/C25H22ClF3N6O2S/c1-35(2)19(36)10-9-18-20(21-22(30)31-12-32-23(21)38-18)13-3-5-14(6-4-13)33-24(37)34-15-7-8-17(26)16(11-15)25(27,28)29/h3-8,11-12H,9-10H2,1-2H3,(H2,30,31,32)(H2,33,34,37). The highest BCUT2D eigenvalue weighted by atomic mass is 35.5. The molecule has 0 spiro atoms. The Kier molecular flexibility index (Phi) is 7.74. The monoisotopic (exact) mass is 562 g/mol. The van der Waals surface area contributed by atoms with E-state index in [0.29, 0.717) is 34.6 Å². The number of alkyl halides is 3. The Morgan fingerprint density at radius 3 is 2.37 bits per heavy atom. The fraction of sp³-hybridized carbons (Fsp3) is 0.200. The van der Waals surface area contributed by atoms with Gasteiger partial charge in [0.15, 0.2) is 0 Å². The molecule has 0 saturated heterocycles. The van der Waals surface area contributed by atoms with E-state index in [1.807, 2.05) is 0 Å². The van der Waals surface area contributed by atoms with Crippen LogP contribution in [0.15, 0.2) is 48.8 Å². The van der Waals surface area contributed by atoms with Crippen molar-refractivity contribution in [2.24, 2.45) is 0 Å². The Labute approximate surface area is 224 Å². The van der Waals surface area contributed by atoms with Crippen LogP contribution in [0.3, 0.4) is 0 Å². The van der Waals surface area contributed by atoms with E-state index in [-0.39, 0.29) is 11.6 Å². The fourth-order valence-corrected chi connectivity index (χ4v) is 5.15. The van der Waals surface area contributed by atoms with E-state index in [1.165, 1.54) is 28.6 Å². The van der Waals surface area contributed by atoms with Gasteiger partial charge in [0.05, 0.1) is 16.0 Å². The van der Waals surface area contributed by atoms with Gasteiger partial charge in [0.2, 0.25) is 5.91 Å². The summed E-state index contributed by atoms with van der Waals surface area (Å²) in [5, 5.41) is 5.19. The van der Waals surface area contributed by atoms with E-state index < -0.39 is 22.8 Å². The Balaban J connectivity index is 1.55. The van der Waals surface area contributed by atoms with Crippen LogP contribution in [0.5, 0.6) is 0 Å². The summed E-state index contributed by atoms with van der Waals surface area (Å²) in [5.74, 6) is 0.301. The summed E-state index contributed by atoms with van der Waals surface area (Å²) in [5.41, 5.74) is 7.06. The first-order valence-electron chi connectivity index (χ1n) is 11.2. The van der Waals surface area contributed by atoms with Crippen molar-refractivity contribution in [3.8, 4) is 11.1 Å². The molecule has 38 heavy (non-hydrogen) atoms. The Morgan fingerprint density at radius 2 is 1.71 bits per heavy atom. The molecule has 3 amide bonds. The van der Waals surface area contributed by atoms with Crippen molar-refractivity contribution >= 4 is 62.3 Å². The van der Waals surface area contributed by atoms with Crippen LogP contribution >= 0.6 is 22.9 Å². The number of aryl methyl sites for hydroxylation is 1. The van der Waals surface area contributed by atoms with E-state index in [1.54, 1.807) is 38.4 Å². The van der Waals surface area contributed by atoms with Gasteiger partial charge in [-0.05, 0) is 42.3 Å². The molecule has 0 saturated carbocycles. The minimum absolute atomic E-state index is 0.0129. The molecule has 8 nitrogen and oxygen atoms in total. The molecule has 0 fully saturated rings. The zero-order valence-corrected chi connectivity index (χ0v) is 21.8. The number of nitrogens with one attached hydrogen (secondary N) is 2. The highest BCUT2D eigenvalue weighted by Gasteiger charge is 2.33. The number of halogens is 4. The quantitative estimate of drug-likeness (QED) is 0.256. The molecule has 13 heteroatoms. The molecule has 0 atom stereocenters. The predicted molar refractivity (Wildman–Crippen MR) is 143 cm³/mol. The molecule has 2 aromatic carbocycles. The van der Waals surface area contributed by atoms with Crippen LogP contribution in [0.4, 0.5) is 35.2 Å². The minimum atomic E-state index is -4.65. The van der Waals surface area contributed by atoms with E-state index in [0.717, 1.165) is 28.1 Å². The number of rotatable bonds is 6. The Hall–Kier alpha value is -3.90. The van der Waals surface area contributed by atoms with Crippen molar-refractivity contribution in [1.29, 1.82) is 0 Å². The molecule has 4 aromatic rings. The van der Waals surface area contributed by atoms with Crippen molar-refractivity contribution in [1.82, 2.24) is 14.9 Å². The third kappa shape index (κ3) is 5.97. The second-order valence-electron chi connectivity index (χ2n) is 8.48. The van der Waals surface area contributed by atoms with Crippen LogP contribution in [-0.2, 0) is 17.4 Å². The van der Waals surface area contributed by atoms with Gasteiger partial charge in [0, 0.05) is 42.3 Å². The van der Waals surface area contributed by atoms with Gasteiger partial charge in [-0.3, -0.25) is 4.79 Å². The number of anilines is 3. The summed E-state index contributed by atoms with van der Waals surface area (Å²) in [4.78, 5) is 36.2. The predicted octanol–water partition coefficient (Wildman–Crippen LogP) is 6.28. The zero-order valence-electron chi connectivity index (χ0n) is 20.2. The molecule has 0 aliphatic heterocycles. The number of fused-ring (bicyclic) bond motifs is 1. The van der Waals surface area contributed by atoms with Gasteiger partial charge in [-0.1, -0.05) is 23.7 Å². The van der Waals surface area contributed by atoms with Crippen LogP contribution in [0.1, 0.15) is 16.9 Å². The van der Waals surface area contributed by atoms with Gasteiger partial charge < -0.3 is 21.3 Å². The van der Waals surface area contributed by atoms with Crippen molar-refractivity contribution in [2.45, 2.75) is 19.0 Å². The lowest BCUT2D eigenvalue weighted by Gasteiger charge is -2.13.